The topological polar surface area (TPSA) is 121 Å². The number of unbranched alkanes of at least 4 members (excludes halogenated alkanes) is 11. The Morgan fingerprint density at radius 3 is 2.44 bits per heavy atom. The van der Waals surface area contributed by atoms with E-state index < -0.39 is 24.1 Å². The van der Waals surface area contributed by atoms with E-state index in [0.29, 0.717) is 41.2 Å². The second-order valence-electron chi connectivity index (χ2n) is 12.5. The molecule has 3 aromatic rings. The van der Waals surface area contributed by atoms with Gasteiger partial charge in [-0.15, -0.1) is 5.10 Å². The van der Waals surface area contributed by atoms with Crippen LogP contribution in [-0.2, 0) is 25.7 Å². The highest BCUT2D eigenvalue weighted by Crippen LogP contribution is 2.30. The minimum atomic E-state index is -0.537. The lowest BCUT2D eigenvalue weighted by atomic mass is 10.0. The lowest BCUT2D eigenvalue weighted by Crippen LogP contribution is -2.26. The monoisotopic (exact) mass is 662 g/mol. The van der Waals surface area contributed by atoms with Crippen molar-refractivity contribution in [2.45, 2.75) is 109 Å². The molecule has 1 amide bonds. The predicted octanol–water partition coefficient (Wildman–Crippen LogP) is 7.38. The highest BCUT2D eigenvalue weighted by molar-refractivity contribution is 5.90. The number of carbonyl (C=O) groups is 2. The Bertz CT molecular complexity index is 1480. The van der Waals surface area contributed by atoms with Crippen molar-refractivity contribution in [2.75, 3.05) is 18.1 Å². The molecule has 1 unspecified atom stereocenters. The summed E-state index contributed by atoms with van der Waals surface area (Å²) in [7, 11) is 0. The summed E-state index contributed by atoms with van der Waals surface area (Å²) in [5, 5.41) is 7.65. The number of hydrogen-bond acceptors (Lipinski definition) is 9. The molecule has 0 radical (unpaired) electrons. The van der Waals surface area contributed by atoms with E-state index in [1.807, 2.05) is 6.08 Å². The van der Waals surface area contributed by atoms with Gasteiger partial charge >= 0.3 is 12.1 Å². The molecule has 0 aliphatic carbocycles. The van der Waals surface area contributed by atoms with Crippen LogP contribution < -0.4 is 10.4 Å². The first-order chi connectivity index (χ1) is 23.5. The fourth-order valence-corrected chi connectivity index (χ4v) is 5.96. The Hall–Kier alpha value is -4.32. The zero-order chi connectivity index (χ0) is 33.6. The van der Waals surface area contributed by atoms with E-state index in [1.54, 1.807) is 47.5 Å². The summed E-state index contributed by atoms with van der Waals surface area (Å²) < 4.78 is 27.7. The average molecular weight is 663 g/mol. The average Bonchev–Trinajstić information content (AvgIpc) is 3.87. The molecule has 1 N–H and O–H groups in total. The van der Waals surface area contributed by atoms with Gasteiger partial charge in [0, 0.05) is 29.9 Å². The van der Waals surface area contributed by atoms with Gasteiger partial charge in [-0.3, -0.25) is 25.0 Å². The second kappa shape index (κ2) is 18.3. The second-order valence-corrected chi connectivity index (χ2v) is 12.5. The van der Waals surface area contributed by atoms with Gasteiger partial charge in [0.25, 0.3) is 0 Å². The first kappa shape index (κ1) is 35.0. The maximum atomic E-state index is 15.2. The molecular weight excluding hydrogens is 615 g/mol. The molecule has 1 saturated heterocycles. The number of benzene rings is 1. The zero-order valence-corrected chi connectivity index (χ0v) is 27.8. The van der Waals surface area contributed by atoms with Crippen LogP contribution in [0.25, 0.3) is 16.8 Å². The van der Waals surface area contributed by atoms with Crippen LogP contribution in [0.5, 0.6) is 0 Å². The summed E-state index contributed by atoms with van der Waals surface area (Å²) in [5.41, 5.74) is 5.45. The number of aromatic nitrogens is 4. The van der Waals surface area contributed by atoms with Gasteiger partial charge in [-0.25, -0.2) is 13.9 Å². The number of hydrogen-bond donors (Lipinski definition) is 1. The van der Waals surface area contributed by atoms with Gasteiger partial charge in [-0.1, -0.05) is 88.8 Å². The van der Waals surface area contributed by atoms with Crippen LogP contribution in [0.15, 0.2) is 55.0 Å². The molecule has 0 spiro atoms. The number of nitrogens with zero attached hydrogens (tertiary/aromatic N) is 5. The maximum Gasteiger partial charge on any atom is 0.414 e. The Labute approximate surface area is 281 Å². The number of rotatable bonds is 20. The van der Waals surface area contributed by atoms with Gasteiger partial charge in [0.05, 0.1) is 36.4 Å². The molecule has 1 aromatic carbocycles. The molecule has 2 atom stereocenters. The van der Waals surface area contributed by atoms with Crippen LogP contribution in [0.2, 0.25) is 0 Å². The smallest absolute Gasteiger partial charge is 0.414 e. The fraction of sp³-hybridized carbons (Fsp3) is 0.528. The van der Waals surface area contributed by atoms with E-state index in [4.69, 9.17) is 14.3 Å². The zero-order valence-electron chi connectivity index (χ0n) is 27.8. The first-order valence-corrected chi connectivity index (χ1v) is 17.4. The lowest BCUT2D eigenvalue weighted by Gasteiger charge is -2.14. The van der Waals surface area contributed by atoms with Crippen LogP contribution in [0, 0.1) is 5.82 Å². The Morgan fingerprint density at radius 2 is 1.77 bits per heavy atom. The number of ether oxygens (including phenoxy) is 2. The van der Waals surface area contributed by atoms with E-state index in [1.165, 1.54) is 68.8 Å². The number of pyridine rings is 1. The number of anilines is 1. The Balaban J connectivity index is 1.00. The summed E-state index contributed by atoms with van der Waals surface area (Å²) in [6.07, 6.45) is 20.7. The predicted molar refractivity (Wildman–Crippen MR) is 180 cm³/mol. The number of cyclic esters (lactones) is 1. The summed E-state index contributed by atoms with van der Waals surface area (Å²) in [5.74, 6) is -0.697. The first-order valence-electron chi connectivity index (χ1n) is 17.4. The summed E-state index contributed by atoms with van der Waals surface area (Å²) in [6, 6.07) is 8.16. The van der Waals surface area contributed by atoms with Crippen LogP contribution in [0.4, 0.5) is 14.9 Å². The molecule has 258 valence electrons. The molecule has 0 bridgehead atoms. The molecule has 12 heteroatoms. The van der Waals surface area contributed by atoms with Gasteiger partial charge in [0.1, 0.15) is 24.6 Å². The van der Waals surface area contributed by atoms with E-state index in [-0.39, 0.29) is 19.1 Å². The molecule has 5 rings (SSSR count). The standard InChI is InChI=1S/C36H47FN6O5/c1-2-3-4-5-6-7-8-9-10-11-12-13-14-35(44)46-26-29-22-34(40-48-29)33-18-15-27(23-38-33)31-17-16-28(21-32(31)37)43-25-30(47-36(43)45)24-42-20-19-39-41-42/h15-23,29-30,40H,2-14,24-26H2,1H3/t29?,30-/m0/s1. The molecule has 1 fully saturated rings. The van der Waals surface area contributed by atoms with E-state index >= 15 is 4.39 Å². The SMILES string of the molecule is CCCCCCCCCCCCCCC(=O)OCC1C=C(c2ccc(-c3ccc(N4C[C@H](Cn5ccnn5)OC4=O)cc3F)cn2)NO1. The molecule has 2 aliphatic heterocycles. The highest BCUT2D eigenvalue weighted by atomic mass is 19.1. The largest absolute Gasteiger partial charge is 0.462 e. The van der Waals surface area contributed by atoms with Gasteiger partial charge < -0.3 is 9.47 Å². The Kier molecular flexibility index (Phi) is 13.3. The van der Waals surface area contributed by atoms with E-state index in [9.17, 15) is 9.59 Å². The van der Waals surface area contributed by atoms with Crippen molar-refractivity contribution in [2.24, 2.45) is 0 Å². The van der Waals surface area contributed by atoms with Crippen molar-refractivity contribution in [1.29, 1.82) is 0 Å². The normalized spacial score (nSPS) is 17.3. The lowest BCUT2D eigenvalue weighted by molar-refractivity contribution is -0.147. The van der Waals surface area contributed by atoms with E-state index in [0.717, 1.165) is 19.3 Å². The van der Waals surface area contributed by atoms with E-state index in [2.05, 4.69) is 27.7 Å². The maximum absolute atomic E-state index is 15.2. The van der Waals surface area contributed by atoms with Crippen molar-refractivity contribution in [3.8, 4) is 11.1 Å². The molecular formula is C36H47FN6O5. The van der Waals surface area contributed by atoms with Gasteiger partial charge in [0.15, 0.2) is 0 Å². The quantitative estimate of drug-likeness (QED) is 0.0976. The Morgan fingerprint density at radius 1 is 1.02 bits per heavy atom. The third-order valence-electron chi connectivity index (χ3n) is 8.67. The van der Waals surface area contributed by atoms with Gasteiger partial charge in [0.2, 0.25) is 0 Å². The van der Waals surface area contributed by atoms with Crippen molar-refractivity contribution in [3.63, 3.8) is 0 Å². The number of hydroxylamine groups is 1. The molecule has 2 aliphatic rings. The van der Waals surface area contributed by atoms with Crippen LogP contribution in [0.3, 0.4) is 0 Å². The van der Waals surface area contributed by atoms with Crippen molar-refractivity contribution in [1.82, 2.24) is 25.5 Å². The fourth-order valence-electron chi connectivity index (χ4n) is 5.96. The number of amides is 1. The molecule has 4 heterocycles. The highest BCUT2D eigenvalue weighted by Gasteiger charge is 2.33. The molecule has 0 saturated carbocycles. The van der Waals surface area contributed by atoms with Crippen LogP contribution in [0.1, 0.15) is 96.1 Å². The van der Waals surface area contributed by atoms with Gasteiger partial charge in [-0.05, 0) is 36.8 Å². The van der Waals surface area contributed by atoms with Crippen LogP contribution in [-0.4, -0.2) is 57.4 Å². The van der Waals surface area contributed by atoms with Gasteiger partial charge in [-0.2, -0.15) is 0 Å². The van der Waals surface area contributed by atoms with Crippen molar-refractivity contribution in [3.05, 3.63) is 66.5 Å². The summed E-state index contributed by atoms with van der Waals surface area (Å²) >= 11 is 0. The number of halogens is 1. The number of nitrogens with one attached hydrogen (secondary N) is 1. The number of carbonyl (C=O) groups excluding carboxylic acids is 2. The third kappa shape index (κ3) is 10.3. The number of esters is 1. The van der Waals surface area contributed by atoms with Crippen LogP contribution >= 0.6 is 0 Å². The van der Waals surface area contributed by atoms with Crippen molar-refractivity contribution < 1.29 is 28.3 Å². The summed E-state index contributed by atoms with van der Waals surface area (Å²) in [4.78, 5) is 36.1. The summed E-state index contributed by atoms with van der Waals surface area (Å²) in [6.45, 7) is 3.01. The van der Waals surface area contributed by atoms with Crippen molar-refractivity contribution >= 4 is 23.4 Å². The molecule has 11 nitrogen and oxygen atoms in total. The minimum absolute atomic E-state index is 0.120. The third-order valence-corrected chi connectivity index (χ3v) is 8.67. The molecule has 48 heavy (non-hydrogen) atoms. The molecule has 2 aromatic heterocycles. The minimum Gasteiger partial charge on any atom is -0.462 e.